The van der Waals surface area contributed by atoms with Gasteiger partial charge in [-0.3, -0.25) is 0 Å². The van der Waals surface area contributed by atoms with Gasteiger partial charge in [0.15, 0.2) is 0 Å². The lowest BCUT2D eigenvalue weighted by Crippen LogP contribution is -2.30. The predicted molar refractivity (Wildman–Crippen MR) is 70.0 cm³/mol. The van der Waals surface area contributed by atoms with E-state index in [1.54, 1.807) is 0 Å². The first-order valence-corrected chi connectivity index (χ1v) is 7.83. The first-order chi connectivity index (χ1) is 8.45. The fraction of sp³-hybridized carbons (Fsp3) is 0.455. The molecule has 1 aliphatic rings. The lowest BCUT2D eigenvalue weighted by atomic mass is 10.1. The van der Waals surface area contributed by atoms with Gasteiger partial charge in [-0.2, -0.15) is 4.31 Å². The van der Waals surface area contributed by atoms with Gasteiger partial charge in [-0.1, -0.05) is 15.9 Å². The van der Waals surface area contributed by atoms with Crippen LogP contribution in [0.1, 0.15) is 6.42 Å². The Bertz CT molecular complexity index is 550. The molecule has 4 nitrogen and oxygen atoms in total. The van der Waals surface area contributed by atoms with Gasteiger partial charge in [-0.25, -0.2) is 12.8 Å². The number of rotatable bonds is 3. The fourth-order valence-electron chi connectivity index (χ4n) is 2.03. The van der Waals surface area contributed by atoms with Crippen LogP contribution in [0.25, 0.3) is 0 Å². The summed E-state index contributed by atoms with van der Waals surface area (Å²) in [6, 6.07) is 3.96. The van der Waals surface area contributed by atoms with Crippen molar-refractivity contribution in [3.05, 3.63) is 28.5 Å². The second-order valence-corrected chi connectivity index (χ2v) is 7.15. The van der Waals surface area contributed by atoms with E-state index >= 15 is 0 Å². The third-order valence-corrected chi connectivity index (χ3v) is 5.49. The highest BCUT2D eigenvalue weighted by Gasteiger charge is 2.33. The Morgan fingerprint density at radius 1 is 1.50 bits per heavy atom. The third-order valence-electron chi connectivity index (χ3n) is 3.09. The average molecular weight is 337 g/mol. The normalized spacial score (nSPS) is 21.4. The number of benzene rings is 1. The summed E-state index contributed by atoms with van der Waals surface area (Å²) in [6.07, 6.45) is 0.730. The van der Waals surface area contributed by atoms with Crippen LogP contribution in [0.5, 0.6) is 0 Å². The van der Waals surface area contributed by atoms with Crippen LogP contribution in [0, 0.1) is 11.7 Å². The minimum atomic E-state index is -3.75. The molecular weight excluding hydrogens is 323 g/mol. The van der Waals surface area contributed by atoms with E-state index in [-0.39, 0.29) is 10.8 Å². The minimum absolute atomic E-state index is 0.165. The van der Waals surface area contributed by atoms with E-state index in [0.717, 1.165) is 12.5 Å². The Morgan fingerprint density at radius 2 is 2.22 bits per heavy atom. The highest BCUT2D eigenvalue weighted by atomic mass is 79.9. The molecule has 1 unspecified atom stereocenters. The van der Waals surface area contributed by atoms with Crippen molar-refractivity contribution in [2.24, 2.45) is 11.7 Å². The Balaban J connectivity index is 2.31. The van der Waals surface area contributed by atoms with E-state index in [2.05, 4.69) is 15.9 Å². The second kappa shape index (κ2) is 5.24. The Hall–Kier alpha value is -0.500. The van der Waals surface area contributed by atoms with Crippen molar-refractivity contribution < 1.29 is 12.8 Å². The van der Waals surface area contributed by atoms with E-state index in [1.165, 1.54) is 16.4 Å². The molecule has 0 aromatic heterocycles. The van der Waals surface area contributed by atoms with Crippen LogP contribution in [0.2, 0.25) is 0 Å². The first kappa shape index (κ1) is 13.9. The Kier molecular flexibility index (Phi) is 4.05. The molecule has 0 saturated carbocycles. The quantitative estimate of drug-likeness (QED) is 0.910. The van der Waals surface area contributed by atoms with Crippen LogP contribution in [-0.2, 0) is 10.0 Å². The molecular formula is C11H14BrFN2O2S. The summed E-state index contributed by atoms with van der Waals surface area (Å²) in [4.78, 5) is -0.275. The van der Waals surface area contributed by atoms with Gasteiger partial charge in [0.25, 0.3) is 0 Å². The summed E-state index contributed by atoms with van der Waals surface area (Å²) in [5.41, 5.74) is 5.53. The van der Waals surface area contributed by atoms with Crippen molar-refractivity contribution >= 4 is 26.0 Å². The Labute approximate surface area is 114 Å². The monoisotopic (exact) mass is 336 g/mol. The van der Waals surface area contributed by atoms with Gasteiger partial charge in [-0.05, 0) is 37.1 Å². The van der Waals surface area contributed by atoms with Crippen LogP contribution in [0.15, 0.2) is 27.6 Å². The highest BCUT2D eigenvalue weighted by Crippen LogP contribution is 2.26. The van der Waals surface area contributed by atoms with Crippen molar-refractivity contribution in [3.63, 3.8) is 0 Å². The van der Waals surface area contributed by atoms with Gasteiger partial charge in [0, 0.05) is 17.6 Å². The number of hydrogen-bond acceptors (Lipinski definition) is 3. The van der Waals surface area contributed by atoms with E-state index in [4.69, 9.17) is 5.73 Å². The molecule has 1 heterocycles. The van der Waals surface area contributed by atoms with Gasteiger partial charge in [0.1, 0.15) is 10.7 Å². The number of sulfonamides is 1. The number of nitrogens with two attached hydrogens (primary N) is 1. The van der Waals surface area contributed by atoms with Crippen molar-refractivity contribution in [3.8, 4) is 0 Å². The first-order valence-electron chi connectivity index (χ1n) is 5.60. The van der Waals surface area contributed by atoms with Gasteiger partial charge in [0.05, 0.1) is 0 Å². The zero-order chi connectivity index (χ0) is 13.3. The molecule has 1 aliphatic heterocycles. The maximum absolute atomic E-state index is 13.7. The number of hydrogen-bond donors (Lipinski definition) is 1. The van der Waals surface area contributed by atoms with Crippen molar-refractivity contribution in [2.75, 3.05) is 19.6 Å². The molecule has 7 heteroatoms. The van der Waals surface area contributed by atoms with Gasteiger partial charge in [0.2, 0.25) is 10.0 Å². The summed E-state index contributed by atoms with van der Waals surface area (Å²) in [5.74, 6) is -0.571. The largest absolute Gasteiger partial charge is 0.330 e. The van der Waals surface area contributed by atoms with E-state index < -0.39 is 15.8 Å². The van der Waals surface area contributed by atoms with Crippen LogP contribution >= 0.6 is 15.9 Å². The molecule has 2 N–H and O–H groups in total. The summed E-state index contributed by atoms with van der Waals surface area (Å²) in [7, 11) is -3.75. The highest BCUT2D eigenvalue weighted by molar-refractivity contribution is 9.10. The topological polar surface area (TPSA) is 63.4 Å². The molecule has 0 radical (unpaired) electrons. The summed E-state index contributed by atoms with van der Waals surface area (Å²) in [5, 5.41) is 0. The molecule has 0 spiro atoms. The van der Waals surface area contributed by atoms with Crippen molar-refractivity contribution in [1.29, 1.82) is 0 Å². The minimum Gasteiger partial charge on any atom is -0.330 e. The van der Waals surface area contributed by atoms with Crippen molar-refractivity contribution in [2.45, 2.75) is 11.3 Å². The number of nitrogens with zero attached hydrogens (tertiary/aromatic N) is 1. The van der Waals surface area contributed by atoms with Crippen molar-refractivity contribution in [1.82, 2.24) is 4.31 Å². The summed E-state index contributed by atoms with van der Waals surface area (Å²) in [6.45, 7) is 1.23. The Morgan fingerprint density at radius 3 is 2.78 bits per heavy atom. The van der Waals surface area contributed by atoms with E-state index in [9.17, 15) is 12.8 Å². The molecule has 0 amide bonds. The maximum atomic E-state index is 13.7. The van der Waals surface area contributed by atoms with Gasteiger partial charge < -0.3 is 5.73 Å². The SMILES string of the molecule is NCC1CCN(S(=O)(=O)c2ccc(Br)cc2F)C1. The standard InChI is InChI=1S/C11H14BrFN2O2S/c12-9-1-2-11(10(13)5-9)18(16,17)15-4-3-8(6-14)7-15/h1-2,5,8H,3-4,6-7,14H2. The zero-order valence-corrected chi connectivity index (χ0v) is 12.0. The molecule has 1 fully saturated rings. The van der Waals surface area contributed by atoms with Gasteiger partial charge in [-0.15, -0.1) is 0 Å². The smallest absolute Gasteiger partial charge is 0.245 e. The lowest BCUT2D eigenvalue weighted by Gasteiger charge is -2.16. The van der Waals surface area contributed by atoms with Crippen LogP contribution in [0.4, 0.5) is 4.39 Å². The fourth-order valence-corrected chi connectivity index (χ4v) is 3.94. The molecule has 1 aromatic rings. The molecule has 18 heavy (non-hydrogen) atoms. The molecule has 1 saturated heterocycles. The summed E-state index contributed by atoms with van der Waals surface area (Å²) < 4.78 is 40.1. The third kappa shape index (κ3) is 2.59. The average Bonchev–Trinajstić information content (AvgIpc) is 2.77. The molecule has 100 valence electrons. The van der Waals surface area contributed by atoms with Gasteiger partial charge >= 0.3 is 0 Å². The van der Waals surface area contributed by atoms with Crippen LogP contribution < -0.4 is 5.73 Å². The van der Waals surface area contributed by atoms with E-state index in [0.29, 0.717) is 24.1 Å². The van der Waals surface area contributed by atoms with Crippen LogP contribution in [0.3, 0.4) is 0 Å². The zero-order valence-electron chi connectivity index (χ0n) is 9.64. The molecule has 1 aromatic carbocycles. The molecule has 1 atom stereocenters. The maximum Gasteiger partial charge on any atom is 0.245 e. The predicted octanol–water partition coefficient (Wildman–Crippen LogP) is 1.56. The summed E-state index contributed by atoms with van der Waals surface area (Å²) >= 11 is 3.10. The molecule has 0 aliphatic carbocycles. The molecule has 2 rings (SSSR count). The van der Waals surface area contributed by atoms with E-state index in [1.807, 2.05) is 0 Å². The van der Waals surface area contributed by atoms with Crippen LogP contribution in [-0.4, -0.2) is 32.4 Å². The second-order valence-electron chi connectivity index (χ2n) is 4.33. The molecule has 0 bridgehead atoms. The lowest BCUT2D eigenvalue weighted by molar-refractivity contribution is 0.453. The number of halogens is 2.